The molecule has 0 amide bonds. The van der Waals surface area contributed by atoms with E-state index in [4.69, 9.17) is 4.74 Å². The molecule has 0 bridgehead atoms. The first kappa shape index (κ1) is 12.7. The first-order valence-electron chi connectivity index (χ1n) is 5.13. The highest BCUT2D eigenvalue weighted by atomic mass is 19.1. The van der Waals surface area contributed by atoms with E-state index in [2.05, 4.69) is 4.98 Å². The highest BCUT2D eigenvalue weighted by Gasteiger charge is 2.18. The number of rotatable bonds is 4. The van der Waals surface area contributed by atoms with E-state index < -0.39 is 23.3 Å². The molecule has 0 aliphatic carbocycles. The maximum Gasteiger partial charge on any atom is 0.331 e. The van der Waals surface area contributed by atoms with Crippen molar-refractivity contribution in [2.24, 2.45) is 0 Å². The van der Waals surface area contributed by atoms with Gasteiger partial charge < -0.3 is 4.74 Å². The van der Waals surface area contributed by atoms with Gasteiger partial charge in [-0.15, -0.1) is 0 Å². The summed E-state index contributed by atoms with van der Waals surface area (Å²) in [5.74, 6) is -1.16. The normalized spacial score (nSPS) is 11.8. The molecule has 2 heterocycles. The maximum absolute atomic E-state index is 13.2. The molecule has 1 atom stereocenters. The third kappa shape index (κ3) is 2.57. The average Bonchev–Trinajstić information content (AvgIpc) is 2.42. The van der Waals surface area contributed by atoms with Crippen molar-refractivity contribution < 1.29 is 13.9 Å². The van der Waals surface area contributed by atoms with Crippen LogP contribution in [-0.2, 0) is 9.53 Å². The molecule has 0 aromatic carbocycles. The Kier molecular flexibility index (Phi) is 3.51. The third-order valence-corrected chi connectivity index (χ3v) is 2.33. The van der Waals surface area contributed by atoms with Crippen molar-refractivity contribution in [1.29, 1.82) is 0 Å². The molecule has 7 nitrogen and oxygen atoms in total. The molecule has 0 aliphatic rings. The van der Waals surface area contributed by atoms with Gasteiger partial charge in [0.2, 0.25) is 12.0 Å². The highest BCUT2D eigenvalue weighted by Crippen LogP contribution is 2.15. The second-order valence-corrected chi connectivity index (χ2v) is 3.51. The number of H-pyrrole nitrogens is 1. The van der Waals surface area contributed by atoms with Crippen LogP contribution in [0.15, 0.2) is 40.3 Å². The molecule has 1 unspecified atom stereocenters. The van der Waals surface area contributed by atoms with E-state index in [0.29, 0.717) is 11.8 Å². The Labute approximate surface area is 105 Å². The summed E-state index contributed by atoms with van der Waals surface area (Å²) in [5, 5.41) is 0. The molecule has 98 valence electrons. The van der Waals surface area contributed by atoms with Gasteiger partial charge >= 0.3 is 5.69 Å². The van der Waals surface area contributed by atoms with E-state index in [1.54, 1.807) is 11.1 Å². The predicted molar refractivity (Wildman–Crippen MR) is 60.8 cm³/mol. The van der Waals surface area contributed by atoms with Crippen molar-refractivity contribution >= 4 is 6.47 Å². The monoisotopic (exact) mass is 265 g/mol. The van der Waals surface area contributed by atoms with Crippen LogP contribution >= 0.6 is 0 Å². The Hall–Kier alpha value is -2.77. The number of halogens is 1. The van der Waals surface area contributed by atoms with E-state index in [9.17, 15) is 18.8 Å². The summed E-state index contributed by atoms with van der Waals surface area (Å²) >= 11 is 0. The largest absolute Gasteiger partial charge is 0.439 e. The fourth-order valence-electron chi connectivity index (χ4n) is 1.51. The van der Waals surface area contributed by atoms with Crippen molar-refractivity contribution in [3.8, 4) is 0 Å². The number of carbonyl (C=O) groups is 1. The number of hydrogen-bond acceptors (Lipinski definition) is 5. The molecule has 19 heavy (non-hydrogen) atoms. The molecule has 0 saturated heterocycles. The molecule has 2 aromatic rings. The maximum atomic E-state index is 13.2. The SMILES string of the molecule is O=COC(c1cccnc1)n1cc(F)c(=O)[nH]c1=O. The summed E-state index contributed by atoms with van der Waals surface area (Å²) in [5.41, 5.74) is -1.69. The molecule has 2 rings (SSSR count). The number of nitrogens with zero attached hydrogens (tertiary/aromatic N) is 2. The van der Waals surface area contributed by atoms with E-state index in [1.807, 2.05) is 0 Å². The fraction of sp³-hybridized carbons (Fsp3) is 0.0909. The molecule has 2 aromatic heterocycles. The average molecular weight is 265 g/mol. The number of aromatic nitrogens is 3. The second-order valence-electron chi connectivity index (χ2n) is 3.51. The smallest absolute Gasteiger partial charge is 0.331 e. The zero-order valence-corrected chi connectivity index (χ0v) is 9.45. The number of carbonyl (C=O) groups excluding carboxylic acids is 1. The van der Waals surface area contributed by atoms with Gasteiger partial charge in [-0.25, -0.2) is 4.79 Å². The van der Waals surface area contributed by atoms with Gasteiger partial charge in [-0.1, -0.05) is 6.07 Å². The number of hydrogen-bond donors (Lipinski definition) is 1. The molecule has 8 heteroatoms. The van der Waals surface area contributed by atoms with E-state index in [0.717, 1.165) is 4.57 Å². The highest BCUT2D eigenvalue weighted by molar-refractivity contribution is 5.38. The van der Waals surface area contributed by atoms with Crippen LogP contribution in [0.4, 0.5) is 4.39 Å². The summed E-state index contributed by atoms with van der Waals surface area (Å²) in [4.78, 5) is 38.6. The zero-order chi connectivity index (χ0) is 13.8. The lowest BCUT2D eigenvalue weighted by atomic mass is 10.2. The predicted octanol–water partition coefficient (Wildman–Crippen LogP) is -0.209. The van der Waals surface area contributed by atoms with E-state index in [-0.39, 0.29) is 6.47 Å². The van der Waals surface area contributed by atoms with E-state index >= 15 is 0 Å². The van der Waals surface area contributed by atoms with Gasteiger partial charge in [0, 0.05) is 18.0 Å². The Morgan fingerprint density at radius 1 is 1.47 bits per heavy atom. The molecular formula is C11H8FN3O4. The molecule has 1 N–H and O–H groups in total. The van der Waals surface area contributed by atoms with Crippen molar-refractivity contribution in [2.45, 2.75) is 6.23 Å². The van der Waals surface area contributed by atoms with Crippen molar-refractivity contribution in [3.63, 3.8) is 0 Å². The van der Waals surface area contributed by atoms with Crippen LogP contribution in [0.1, 0.15) is 11.8 Å². The summed E-state index contributed by atoms with van der Waals surface area (Å²) in [6.45, 7) is 0.118. The van der Waals surface area contributed by atoms with Crippen LogP contribution in [0.3, 0.4) is 0 Å². The Morgan fingerprint density at radius 3 is 2.89 bits per heavy atom. The Bertz CT molecular complexity index is 695. The minimum absolute atomic E-state index is 0.118. The summed E-state index contributed by atoms with van der Waals surface area (Å²) < 4.78 is 18.7. The van der Waals surface area contributed by atoms with Gasteiger partial charge in [-0.05, 0) is 6.07 Å². The molecule has 0 saturated carbocycles. The minimum Gasteiger partial charge on any atom is -0.439 e. The quantitative estimate of drug-likeness (QED) is 0.772. The Balaban J connectivity index is 2.57. The molecule has 0 fully saturated rings. The zero-order valence-electron chi connectivity index (χ0n) is 9.45. The van der Waals surface area contributed by atoms with Gasteiger partial charge in [0.15, 0.2) is 0 Å². The molecule has 0 spiro atoms. The lowest BCUT2D eigenvalue weighted by molar-refractivity contribution is -0.135. The minimum atomic E-state index is -1.20. The van der Waals surface area contributed by atoms with Gasteiger partial charge in [0.1, 0.15) is 0 Å². The summed E-state index contributed by atoms with van der Waals surface area (Å²) in [7, 11) is 0. The van der Waals surface area contributed by atoms with Crippen LogP contribution in [0.5, 0.6) is 0 Å². The van der Waals surface area contributed by atoms with Gasteiger partial charge in [-0.2, -0.15) is 4.39 Å². The van der Waals surface area contributed by atoms with Crippen LogP contribution in [-0.4, -0.2) is 21.0 Å². The summed E-state index contributed by atoms with van der Waals surface area (Å²) in [6.07, 6.45) is 2.30. The third-order valence-electron chi connectivity index (χ3n) is 2.33. The molecular weight excluding hydrogens is 257 g/mol. The van der Waals surface area contributed by atoms with Crippen molar-refractivity contribution in [3.05, 3.63) is 62.9 Å². The fourth-order valence-corrected chi connectivity index (χ4v) is 1.51. The standard InChI is InChI=1S/C11H8FN3O4/c12-8-5-15(11(18)14-9(8)17)10(19-6-16)7-2-1-3-13-4-7/h1-6,10H,(H,14,17,18). The Morgan fingerprint density at radius 2 is 2.26 bits per heavy atom. The van der Waals surface area contributed by atoms with Crippen molar-refractivity contribution in [2.75, 3.05) is 0 Å². The number of ether oxygens (including phenoxy) is 1. The van der Waals surface area contributed by atoms with Crippen LogP contribution < -0.4 is 11.2 Å². The van der Waals surface area contributed by atoms with Gasteiger partial charge in [0.25, 0.3) is 12.0 Å². The topological polar surface area (TPSA) is 94.0 Å². The van der Waals surface area contributed by atoms with Crippen LogP contribution in [0.2, 0.25) is 0 Å². The number of aromatic amines is 1. The lowest BCUT2D eigenvalue weighted by Crippen LogP contribution is -2.35. The van der Waals surface area contributed by atoms with Gasteiger partial charge in [0.05, 0.1) is 6.20 Å². The first-order chi connectivity index (χ1) is 9.13. The van der Waals surface area contributed by atoms with E-state index in [1.165, 1.54) is 18.5 Å². The number of pyridine rings is 1. The number of nitrogens with one attached hydrogen (secondary N) is 1. The van der Waals surface area contributed by atoms with Crippen LogP contribution in [0.25, 0.3) is 0 Å². The second kappa shape index (κ2) is 5.25. The van der Waals surface area contributed by atoms with Crippen molar-refractivity contribution in [1.82, 2.24) is 14.5 Å². The molecule has 0 aliphatic heterocycles. The molecule has 0 radical (unpaired) electrons. The lowest BCUT2D eigenvalue weighted by Gasteiger charge is -2.17. The first-order valence-corrected chi connectivity index (χ1v) is 5.13. The van der Waals surface area contributed by atoms with Crippen LogP contribution in [0, 0.1) is 5.82 Å². The summed E-state index contributed by atoms with van der Waals surface area (Å²) in [6, 6.07) is 3.10. The van der Waals surface area contributed by atoms with Gasteiger partial charge in [-0.3, -0.25) is 24.1 Å².